The molecule has 0 saturated heterocycles. The van der Waals surface area contributed by atoms with Gasteiger partial charge in [-0.3, -0.25) is 4.79 Å². The van der Waals surface area contributed by atoms with Crippen LogP contribution in [0.3, 0.4) is 0 Å². The molecule has 0 spiro atoms. The average molecular weight is 332 g/mol. The highest BCUT2D eigenvalue weighted by Crippen LogP contribution is 2.23. The van der Waals surface area contributed by atoms with Crippen molar-refractivity contribution in [3.8, 4) is 0 Å². The number of rotatable bonds is 5. The summed E-state index contributed by atoms with van der Waals surface area (Å²) >= 11 is 0. The van der Waals surface area contributed by atoms with Gasteiger partial charge in [0.15, 0.2) is 0 Å². The zero-order valence-electron chi connectivity index (χ0n) is 14.4. The molecule has 0 unspecified atom stereocenters. The Labute approximate surface area is 148 Å². The fourth-order valence-corrected chi connectivity index (χ4v) is 3.90. The third-order valence-corrected chi connectivity index (χ3v) is 5.14. The average Bonchev–Trinajstić information content (AvgIpc) is 3.25. The maximum absolute atomic E-state index is 12.5. The van der Waals surface area contributed by atoms with Gasteiger partial charge in [0.05, 0.1) is 6.42 Å². The Morgan fingerprint density at radius 1 is 1.00 bits per heavy atom. The van der Waals surface area contributed by atoms with Crippen molar-refractivity contribution in [2.24, 2.45) is 0 Å². The first-order chi connectivity index (χ1) is 12.3. The van der Waals surface area contributed by atoms with Crippen LogP contribution in [-0.2, 0) is 17.8 Å². The number of carbonyl (C=O) groups is 1. The van der Waals surface area contributed by atoms with E-state index in [0.717, 1.165) is 24.9 Å². The van der Waals surface area contributed by atoms with Crippen LogP contribution in [0.2, 0.25) is 0 Å². The molecule has 2 aromatic carbocycles. The Morgan fingerprint density at radius 3 is 2.52 bits per heavy atom. The van der Waals surface area contributed by atoms with Gasteiger partial charge in [-0.15, -0.1) is 0 Å². The van der Waals surface area contributed by atoms with Gasteiger partial charge < -0.3 is 9.88 Å². The van der Waals surface area contributed by atoms with E-state index in [1.54, 1.807) is 0 Å². The quantitative estimate of drug-likeness (QED) is 0.743. The third-order valence-electron chi connectivity index (χ3n) is 5.14. The molecule has 3 heteroatoms. The second-order valence-electron chi connectivity index (χ2n) is 7.01. The smallest absolute Gasteiger partial charge is 0.224 e. The van der Waals surface area contributed by atoms with Gasteiger partial charge in [-0.05, 0) is 30.0 Å². The van der Waals surface area contributed by atoms with Crippen molar-refractivity contribution in [2.75, 3.05) is 0 Å². The van der Waals surface area contributed by atoms with E-state index in [9.17, 15) is 4.79 Å². The largest absolute Gasteiger partial charge is 0.353 e. The highest BCUT2D eigenvalue weighted by molar-refractivity contribution is 5.89. The number of aromatic nitrogens is 1. The van der Waals surface area contributed by atoms with Crippen LogP contribution < -0.4 is 5.32 Å². The number of nitrogens with zero attached hydrogens (tertiary/aromatic N) is 1. The normalized spacial score (nSPS) is 14.9. The second-order valence-corrected chi connectivity index (χ2v) is 7.01. The molecule has 0 atom stereocenters. The molecule has 128 valence electrons. The summed E-state index contributed by atoms with van der Waals surface area (Å²) < 4.78 is 2.25. The lowest BCUT2D eigenvalue weighted by Gasteiger charge is -2.11. The zero-order valence-corrected chi connectivity index (χ0v) is 14.4. The molecule has 1 N–H and O–H groups in total. The maximum Gasteiger partial charge on any atom is 0.224 e. The van der Waals surface area contributed by atoms with Crippen LogP contribution in [0.1, 0.15) is 36.8 Å². The predicted octanol–water partition coefficient (Wildman–Crippen LogP) is 4.29. The fraction of sp³-hybridized carbons (Fsp3) is 0.318. The first-order valence-electron chi connectivity index (χ1n) is 9.19. The van der Waals surface area contributed by atoms with Crippen molar-refractivity contribution in [1.82, 2.24) is 9.88 Å². The van der Waals surface area contributed by atoms with Crippen LogP contribution in [0, 0.1) is 0 Å². The van der Waals surface area contributed by atoms with E-state index in [0.29, 0.717) is 12.5 Å². The number of fused-ring (bicyclic) bond motifs is 1. The van der Waals surface area contributed by atoms with Gasteiger partial charge in [0, 0.05) is 29.7 Å². The molecular formula is C22H24N2O. The number of para-hydroxylation sites is 1. The predicted molar refractivity (Wildman–Crippen MR) is 102 cm³/mol. The number of carbonyl (C=O) groups excluding carboxylic acids is 1. The van der Waals surface area contributed by atoms with Crippen LogP contribution in [0.4, 0.5) is 0 Å². The Balaban J connectivity index is 1.57. The molecule has 1 amide bonds. The molecule has 3 aromatic rings. The second kappa shape index (κ2) is 7.14. The number of amides is 1. The van der Waals surface area contributed by atoms with E-state index < -0.39 is 0 Å². The summed E-state index contributed by atoms with van der Waals surface area (Å²) in [6.45, 7) is 0.825. The lowest BCUT2D eigenvalue weighted by Crippen LogP contribution is -2.33. The molecule has 1 fully saturated rings. The molecular weight excluding hydrogens is 308 g/mol. The van der Waals surface area contributed by atoms with Gasteiger partial charge >= 0.3 is 0 Å². The van der Waals surface area contributed by atoms with E-state index in [1.807, 2.05) is 12.1 Å². The SMILES string of the molecule is O=C(Cc1cn(Cc2ccccc2)c2ccccc12)NC1CCCC1. The molecule has 0 radical (unpaired) electrons. The van der Waals surface area contributed by atoms with Crippen LogP contribution in [0.15, 0.2) is 60.8 Å². The van der Waals surface area contributed by atoms with Crippen molar-refractivity contribution in [3.05, 3.63) is 71.9 Å². The first kappa shape index (κ1) is 15.9. The van der Waals surface area contributed by atoms with Crippen LogP contribution >= 0.6 is 0 Å². The van der Waals surface area contributed by atoms with Crippen molar-refractivity contribution >= 4 is 16.8 Å². The Bertz CT molecular complexity index is 860. The minimum atomic E-state index is 0.148. The Morgan fingerprint density at radius 2 is 1.72 bits per heavy atom. The zero-order chi connectivity index (χ0) is 17.1. The molecule has 25 heavy (non-hydrogen) atoms. The van der Waals surface area contributed by atoms with Gasteiger partial charge in [-0.2, -0.15) is 0 Å². The monoisotopic (exact) mass is 332 g/mol. The van der Waals surface area contributed by atoms with Crippen molar-refractivity contribution in [3.63, 3.8) is 0 Å². The molecule has 1 saturated carbocycles. The number of hydrogen-bond donors (Lipinski definition) is 1. The maximum atomic E-state index is 12.5. The fourth-order valence-electron chi connectivity index (χ4n) is 3.90. The molecule has 1 aliphatic rings. The van der Waals surface area contributed by atoms with E-state index >= 15 is 0 Å². The van der Waals surface area contributed by atoms with Gasteiger partial charge in [-0.25, -0.2) is 0 Å². The number of hydrogen-bond acceptors (Lipinski definition) is 1. The topological polar surface area (TPSA) is 34.0 Å². The number of benzene rings is 2. The van der Waals surface area contributed by atoms with Crippen LogP contribution in [0.5, 0.6) is 0 Å². The van der Waals surface area contributed by atoms with E-state index in [-0.39, 0.29) is 5.91 Å². The Hall–Kier alpha value is -2.55. The summed E-state index contributed by atoms with van der Waals surface area (Å²) in [6, 6.07) is 19.2. The lowest BCUT2D eigenvalue weighted by molar-refractivity contribution is -0.121. The van der Waals surface area contributed by atoms with Gasteiger partial charge in [0.2, 0.25) is 5.91 Å². The van der Waals surface area contributed by atoms with E-state index in [2.05, 4.69) is 58.5 Å². The van der Waals surface area contributed by atoms with Crippen LogP contribution in [0.25, 0.3) is 10.9 Å². The summed E-state index contributed by atoms with van der Waals surface area (Å²) in [5, 5.41) is 4.38. The summed E-state index contributed by atoms with van der Waals surface area (Å²) in [7, 11) is 0. The molecule has 1 heterocycles. The van der Waals surface area contributed by atoms with Gasteiger partial charge in [-0.1, -0.05) is 61.4 Å². The van der Waals surface area contributed by atoms with Gasteiger partial charge in [0.25, 0.3) is 0 Å². The summed E-state index contributed by atoms with van der Waals surface area (Å²) in [6.07, 6.45) is 7.33. The van der Waals surface area contributed by atoms with Gasteiger partial charge in [0.1, 0.15) is 0 Å². The molecule has 1 aromatic heterocycles. The van der Waals surface area contributed by atoms with E-state index in [1.165, 1.54) is 29.3 Å². The minimum Gasteiger partial charge on any atom is -0.353 e. The highest BCUT2D eigenvalue weighted by atomic mass is 16.1. The minimum absolute atomic E-state index is 0.148. The Kier molecular flexibility index (Phi) is 4.55. The summed E-state index contributed by atoms with van der Waals surface area (Å²) in [5.41, 5.74) is 3.57. The summed E-state index contributed by atoms with van der Waals surface area (Å²) in [4.78, 5) is 12.5. The molecule has 0 bridgehead atoms. The highest BCUT2D eigenvalue weighted by Gasteiger charge is 2.18. The van der Waals surface area contributed by atoms with Crippen molar-refractivity contribution in [2.45, 2.75) is 44.7 Å². The first-order valence-corrected chi connectivity index (χ1v) is 9.19. The molecule has 0 aliphatic heterocycles. The van der Waals surface area contributed by atoms with Crippen LogP contribution in [-0.4, -0.2) is 16.5 Å². The third kappa shape index (κ3) is 3.60. The standard InChI is InChI=1S/C22H24N2O/c25-22(23-19-10-4-5-11-19)14-18-16-24(15-17-8-2-1-3-9-17)21-13-7-6-12-20(18)21/h1-3,6-9,12-13,16,19H,4-5,10-11,14-15H2,(H,23,25). The summed E-state index contributed by atoms with van der Waals surface area (Å²) in [5.74, 6) is 0.148. The molecule has 4 rings (SSSR count). The van der Waals surface area contributed by atoms with E-state index in [4.69, 9.17) is 0 Å². The molecule has 1 aliphatic carbocycles. The number of nitrogens with one attached hydrogen (secondary N) is 1. The molecule has 3 nitrogen and oxygen atoms in total. The lowest BCUT2D eigenvalue weighted by atomic mass is 10.1. The van der Waals surface area contributed by atoms with Crippen molar-refractivity contribution < 1.29 is 4.79 Å². The van der Waals surface area contributed by atoms with Crippen molar-refractivity contribution in [1.29, 1.82) is 0 Å².